The second kappa shape index (κ2) is 9.08. The molecule has 0 aromatic carbocycles. The van der Waals surface area contributed by atoms with Gasteiger partial charge in [0, 0.05) is 11.8 Å². The van der Waals surface area contributed by atoms with Gasteiger partial charge in [-0.25, -0.2) is 0 Å². The number of carbonyl (C=O) groups is 2. The zero-order chi connectivity index (χ0) is 15.8. The van der Waals surface area contributed by atoms with Crippen LogP contribution in [-0.2, 0) is 9.59 Å². The summed E-state index contributed by atoms with van der Waals surface area (Å²) in [5, 5.41) is 9.07. The molecule has 0 fully saturated rings. The zero-order valence-electron chi connectivity index (χ0n) is 13.5. The first-order valence-corrected chi connectivity index (χ1v) is 6.91. The largest absolute Gasteiger partial charge is 0.393 e. The van der Waals surface area contributed by atoms with Gasteiger partial charge >= 0.3 is 0 Å². The molecule has 0 saturated heterocycles. The van der Waals surface area contributed by atoms with Crippen molar-refractivity contribution < 1.29 is 14.7 Å². The summed E-state index contributed by atoms with van der Waals surface area (Å²) in [6, 6.07) is 0. The van der Waals surface area contributed by atoms with E-state index >= 15 is 0 Å². The van der Waals surface area contributed by atoms with Gasteiger partial charge in [0.15, 0.2) is 0 Å². The van der Waals surface area contributed by atoms with E-state index in [1.54, 1.807) is 13.8 Å². The van der Waals surface area contributed by atoms with Gasteiger partial charge in [-0.15, -0.1) is 0 Å². The van der Waals surface area contributed by atoms with E-state index in [0.29, 0.717) is 12.8 Å². The Morgan fingerprint density at radius 3 is 1.79 bits per heavy atom. The maximum Gasteiger partial charge on any atom is 0.220 e. The van der Waals surface area contributed by atoms with Crippen molar-refractivity contribution in [2.24, 2.45) is 23.0 Å². The molecule has 0 unspecified atom stereocenters. The van der Waals surface area contributed by atoms with Gasteiger partial charge in [-0.2, -0.15) is 0 Å². The van der Waals surface area contributed by atoms with Gasteiger partial charge in [-0.3, -0.25) is 9.59 Å². The Hall–Kier alpha value is -0.900. The third-order valence-electron chi connectivity index (χ3n) is 3.49. The molecule has 3 atom stereocenters. The van der Waals surface area contributed by atoms with Crippen molar-refractivity contribution >= 4 is 11.7 Å². The maximum atomic E-state index is 10.8. The van der Waals surface area contributed by atoms with E-state index in [9.17, 15) is 9.59 Å². The molecular formula is C15H31NO3. The summed E-state index contributed by atoms with van der Waals surface area (Å²) in [4.78, 5) is 21.3. The number of primary amides is 1. The maximum absolute atomic E-state index is 10.8. The molecule has 0 aromatic rings. The van der Waals surface area contributed by atoms with E-state index in [1.165, 1.54) is 0 Å². The van der Waals surface area contributed by atoms with Gasteiger partial charge in [0.1, 0.15) is 5.78 Å². The monoisotopic (exact) mass is 273 g/mol. The first-order valence-electron chi connectivity index (χ1n) is 6.91. The van der Waals surface area contributed by atoms with Crippen LogP contribution in [0.25, 0.3) is 0 Å². The second-order valence-electron chi connectivity index (χ2n) is 6.30. The fourth-order valence-corrected chi connectivity index (χ4v) is 1.30. The highest BCUT2D eigenvalue weighted by Crippen LogP contribution is 2.25. The summed E-state index contributed by atoms with van der Waals surface area (Å²) in [6.45, 7) is 13.5. The summed E-state index contributed by atoms with van der Waals surface area (Å²) < 4.78 is 0. The van der Waals surface area contributed by atoms with Gasteiger partial charge in [-0.1, -0.05) is 41.5 Å². The lowest BCUT2D eigenvalue weighted by Gasteiger charge is -2.24. The lowest BCUT2D eigenvalue weighted by Crippen LogP contribution is -2.24. The number of nitrogens with two attached hydrogens (primary N) is 1. The summed E-state index contributed by atoms with van der Waals surface area (Å²) >= 11 is 0. The Morgan fingerprint density at radius 2 is 1.63 bits per heavy atom. The van der Waals surface area contributed by atoms with E-state index in [2.05, 4.69) is 20.8 Å². The lowest BCUT2D eigenvalue weighted by molar-refractivity contribution is -0.123. The SMILES string of the molecule is CC(=O)[C@@H](C)C(C)(C)C.CC[C@H](O)C[C@H](C)C(N)=O. The standard InChI is InChI=1S/C8H16O.C7H15NO2/c1-6(7(2)9)8(3,4)5;1-3-6(9)4-5(2)7(8)10/h6H,1-5H3;5-6,9H,3-4H2,1-2H3,(H2,8,10)/t6-;5-,6-/m10/s1. The highest BCUT2D eigenvalue weighted by atomic mass is 16.3. The Labute approximate surface area is 117 Å². The molecular weight excluding hydrogens is 242 g/mol. The molecule has 0 rings (SSSR count). The molecule has 0 aliphatic rings. The number of aliphatic hydroxyl groups excluding tert-OH is 1. The molecule has 0 heterocycles. The van der Waals surface area contributed by atoms with E-state index in [1.807, 2.05) is 13.8 Å². The third kappa shape index (κ3) is 10.7. The average Bonchev–Trinajstić information content (AvgIpc) is 2.26. The van der Waals surface area contributed by atoms with Crippen LogP contribution in [0.15, 0.2) is 0 Å². The number of rotatable bonds is 5. The number of amides is 1. The molecule has 0 bridgehead atoms. The average molecular weight is 273 g/mol. The van der Waals surface area contributed by atoms with Crippen molar-refractivity contribution in [3.05, 3.63) is 0 Å². The molecule has 3 N–H and O–H groups in total. The van der Waals surface area contributed by atoms with Crippen LogP contribution in [0.2, 0.25) is 0 Å². The van der Waals surface area contributed by atoms with Crippen LogP contribution in [-0.4, -0.2) is 22.9 Å². The zero-order valence-corrected chi connectivity index (χ0v) is 13.5. The highest BCUT2D eigenvalue weighted by molar-refractivity contribution is 5.78. The van der Waals surface area contributed by atoms with Gasteiger partial charge in [0.2, 0.25) is 5.91 Å². The van der Waals surface area contributed by atoms with Crippen molar-refractivity contribution in [2.75, 3.05) is 0 Å². The number of carbonyl (C=O) groups excluding carboxylic acids is 2. The van der Waals surface area contributed by atoms with Crippen LogP contribution in [0.3, 0.4) is 0 Å². The Bertz CT molecular complexity index is 282. The molecule has 0 saturated carbocycles. The molecule has 0 aromatic heterocycles. The third-order valence-corrected chi connectivity index (χ3v) is 3.49. The molecule has 0 aliphatic carbocycles. The van der Waals surface area contributed by atoms with Crippen LogP contribution < -0.4 is 5.73 Å². The molecule has 114 valence electrons. The first-order chi connectivity index (χ1) is 8.43. The van der Waals surface area contributed by atoms with Gasteiger partial charge in [0.05, 0.1) is 6.10 Å². The Morgan fingerprint density at radius 1 is 1.21 bits per heavy atom. The van der Waals surface area contributed by atoms with Crippen LogP contribution in [0.4, 0.5) is 0 Å². The van der Waals surface area contributed by atoms with Gasteiger partial charge in [0.25, 0.3) is 0 Å². The topological polar surface area (TPSA) is 80.4 Å². The van der Waals surface area contributed by atoms with Crippen molar-refractivity contribution in [1.82, 2.24) is 0 Å². The first kappa shape index (κ1) is 20.4. The quantitative estimate of drug-likeness (QED) is 0.807. The van der Waals surface area contributed by atoms with E-state index < -0.39 is 0 Å². The Balaban J connectivity index is 0. The minimum absolute atomic E-state index is 0.131. The lowest BCUT2D eigenvalue weighted by atomic mass is 9.80. The molecule has 4 heteroatoms. The highest BCUT2D eigenvalue weighted by Gasteiger charge is 2.23. The normalized spacial score (nSPS) is 15.8. The van der Waals surface area contributed by atoms with Crippen LogP contribution in [0.5, 0.6) is 0 Å². The predicted molar refractivity (Wildman–Crippen MR) is 78.6 cm³/mol. The van der Waals surface area contributed by atoms with Crippen molar-refractivity contribution in [1.29, 1.82) is 0 Å². The minimum atomic E-state index is -0.387. The summed E-state index contributed by atoms with van der Waals surface area (Å²) in [5.74, 6) is -0.0950. The molecule has 0 radical (unpaired) electrons. The smallest absolute Gasteiger partial charge is 0.220 e. The fraction of sp³-hybridized carbons (Fsp3) is 0.867. The summed E-state index contributed by atoms with van der Waals surface area (Å²) in [7, 11) is 0. The molecule has 19 heavy (non-hydrogen) atoms. The predicted octanol–water partition coefficient (Wildman–Crippen LogP) is 2.53. The fourth-order valence-electron chi connectivity index (χ4n) is 1.30. The van der Waals surface area contributed by atoms with E-state index in [-0.39, 0.29) is 35.0 Å². The summed E-state index contributed by atoms with van der Waals surface area (Å²) in [6.07, 6.45) is 0.770. The van der Waals surface area contributed by atoms with Gasteiger partial charge < -0.3 is 10.8 Å². The summed E-state index contributed by atoms with van der Waals surface area (Å²) in [5.41, 5.74) is 5.12. The second-order valence-corrected chi connectivity index (χ2v) is 6.30. The van der Waals surface area contributed by atoms with E-state index in [4.69, 9.17) is 10.8 Å². The van der Waals surface area contributed by atoms with Crippen LogP contribution >= 0.6 is 0 Å². The van der Waals surface area contributed by atoms with Crippen molar-refractivity contribution in [2.45, 2.75) is 67.4 Å². The molecule has 4 nitrogen and oxygen atoms in total. The van der Waals surface area contributed by atoms with Crippen LogP contribution in [0, 0.1) is 17.3 Å². The number of Topliss-reactive ketones (excluding diaryl/α,β-unsaturated/α-hetero) is 1. The molecule has 0 aliphatic heterocycles. The number of aliphatic hydroxyl groups is 1. The van der Waals surface area contributed by atoms with Gasteiger partial charge in [-0.05, 0) is 25.2 Å². The number of hydrogen-bond acceptors (Lipinski definition) is 3. The number of ketones is 1. The number of hydrogen-bond donors (Lipinski definition) is 2. The van der Waals surface area contributed by atoms with Crippen LogP contribution in [0.1, 0.15) is 61.3 Å². The van der Waals surface area contributed by atoms with Crippen molar-refractivity contribution in [3.8, 4) is 0 Å². The Kier molecular flexibility index (Phi) is 9.75. The van der Waals surface area contributed by atoms with Crippen molar-refractivity contribution in [3.63, 3.8) is 0 Å². The van der Waals surface area contributed by atoms with E-state index in [0.717, 1.165) is 0 Å². The molecule has 1 amide bonds. The minimum Gasteiger partial charge on any atom is -0.393 e. The molecule has 0 spiro atoms.